The fraction of sp³-hybridized carbons (Fsp3) is 0.870. The number of carbonyl (C=O) groups is 1. The zero-order valence-corrected chi connectivity index (χ0v) is 20.1. The van der Waals surface area contributed by atoms with Gasteiger partial charge in [0.25, 0.3) is 5.90 Å². The zero-order valence-electron chi connectivity index (χ0n) is 20.1. The lowest BCUT2D eigenvalue weighted by Crippen LogP contribution is -2.57. The molecule has 3 rings (SSSR count). The third-order valence-electron chi connectivity index (χ3n) is 7.54. The van der Waals surface area contributed by atoms with Crippen LogP contribution >= 0.6 is 0 Å². The molecular weight excluding hydrogens is 473 g/mol. The molecular formula is C23H36F5N5O2. The molecule has 7 nitrogen and oxygen atoms in total. The number of nitrogens with zero attached hydrogens (tertiary/aromatic N) is 3. The first-order valence-electron chi connectivity index (χ1n) is 12.5. The van der Waals surface area contributed by atoms with E-state index in [2.05, 4.69) is 16.6 Å². The number of carbonyl (C=O) groups excluding carboxylic acids is 1. The molecule has 1 saturated heterocycles. The predicted octanol–water partition coefficient (Wildman–Crippen LogP) is 4.61. The van der Waals surface area contributed by atoms with E-state index in [0.29, 0.717) is 32.4 Å². The molecule has 1 aliphatic heterocycles. The quantitative estimate of drug-likeness (QED) is 0.323. The minimum Gasteiger partial charge on any atom is -0.421 e. The Morgan fingerprint density at radius 3 is 2.29 bits per heavy atom. The Morgan fingerprint density at radius 2 is 1.71 bits per heavy atom. The average molecular weight is 510 g/mol. The van der Waals surface area contributed by atoms with Gasteiger partial charge in [-0.2, -0.15) is 13.2 Å². The summed E-state index contributed by atoms with van der Waals surface area (Å²) in [5, 5.41) is 14.7. The van der Waals surface area contributed by atoms with E-state index in [1.807, 2.05) is 0 Å². The Labute approximate surface area is 203 Å². The van der Waals surface area contributed by atoms with Crippen LogP contribution in [0.1, 0.15) is 51.9 Å². The predicted molar refractivity (Wildman–Crippen MR) is 121 cm³/mol. The third-order valence-corrected chi connectivity index (χ3v) is 7.54. The van der Waals surface area contributed by atoms with Gasteiger partial charge in [-0.1, -0.05) is 6.92 Å². The van der Waals surface area contributed by atoms with Crippen LogP contribution in [0.25, 0.3) is 0 Å². The topological polar surface area (TPSA) is 83.7 Å². The smallest absolute Gasteiger partial charge is 0.421 e. The second-order valence-corrected chi connectivity index (χ2v) is 9.85. The van der Waals surface area contributed by atoms with Crippen molar-refractivity contribution in [1.29, 1.82) is 10.8 Å². The number of alkyl halides is 5. The van der Waals surface area contributed by atoms with Crippen LogP contribution in [0.4, 0.5) is 26.7 Å². The van der Waals surface area contributed by atoms with Crippen molar-refractivity contribution in [2.75, 3.05) is 39.3 Å². The molecule has 2 N–H and O–H groups in total. The van der Waals surface area contributed by atoms with Crippen molar-refractivity contribution >= 4 is 17.8 Å². The lowest BCUT2D eigenvalue weighted by Gasteiger charge is -2.43. The number of amides is 2. The SMILES string of the molecule is CCN1CCN(C(=O)N(CC2CCC(C(=N)OC(=N)C(F)(F)F)CC2F)C2CCCC(F)C2)CC1. The van der Waals surface area contributed by atoms with Crippen LogP contribution in [-0.2, 0) is 4.74 Å². The molecule has 12 heteroatoms. The number of piperazine rings is 1. The van der Waals surface area contributed by atoms with E-state index in [4.69, 9.17) is 10.8 Å². The number of likely N-dealkylation sites (N-methyl/N-ethyl adjacent to an activating group) is 1. The third kappa shape index (κ3) is 7.27. The number of hydrogen-bond donors (Lipinski definition) is 2. The van der Waals surface area contributed by atoms with Crippen LogP contribution in [0.3, 0.4) is 0 Å². The molecule has 0 aromatic rings. The molecule has 0 radical (unpaired) electrons. The van der Waals surface area contributed by atoms with Gasteiger partial charge in [-0.3, -0.25) is 10.8 Å². The monoisotopic (exact) mass is 509 g/mol. The van der Waals surface area contributed by atoms with Gasteiger partial charge in [0.2, 0.25) is 0 Å². The highest BCUT2D eigenvalue weighted by Crippen LogP contribution is 2.35. The van der Waals surface area contributed by atoms with Crippen molar-refractivity contribution in [3.63, 3.8) is 0 Å². The highest BCUT2D eigenvalue weighted by Gasteiger charge is 2.42. The Bertz CT molecular complexity index is 759. The van der Waals surface area contributed by atoms with Crippen LogP contribution in [-0.4, -0.2) is 96.4 Å². The standard InChI is InChI=1S/C23H36F5N5O2/c1-2-31-8-10-32(11-9-31)22(34)33(18-5-3-4-17(24)13-18)14-16-7-6-15(12-19(16)25)20(29)35-21(30)23(26,27)28/h15-19,29-30H,2-14H2,1H3. The summed E-state index contributed by atoms with van der Waals surface area (Å²) < 4.78 is 71.3. The summed E-state index contributed by atoms with van der Waals surface area (Å²) in [7, 11) is 0. The van der Waals surface area contributed by atoms with Gasteiger partial charge in [0, 0.05) is 50.6 Å². The van der Waals surface area contributed by atoms with Crippen molar-refractivity contribution < 1.29 is 31.5 Å². The first-order valence-corrected chi connectivity index (χ1v) is 12.5. The van der Waals surface area contributed by atoms with E-state index in [-0.39, 0.29) is 44.3 Å². The van der Waals surface area contributed by atoms with Crippen LogP contribution in [0.5, 0.6) is 0 Å². The molecule has 0 spiro atoms. The largest absolute Gasteiger partial charge is 0.468 e. The van der Waals surface area contributed by atoms with Crippen LogP contribution in [0.15, 0.2) is 0 Å². The van der Waals surface area contributed by atoms with Gasteiger partial charge in [0.1, 0.15) is 12.3 Å². The number of rotatable bonds is 5. The summed E-state index contributed by atoms with van der Waals surface area (Å²) in [6.07, 6.45) is -5.17. The first-order chi connectivity index (χ1) is 16.5. The molecule has 2 saturated carbocycles. The summed E-state index contributed by atoms with van der Waals surface area (Å²) in [4.78, 5) is 19.1. The Hall–Kier alpha value is -1.98. The van der Waals surface area contributed by atoms with Gasteiger partial charge in [-0.05, 0) is 51.5 Å². The maximum atomic E-state index is 15.2. The highest BCUT2D eigenvalue weighted by molar-refractivity contribution is 5.92. The van der Waals surface area contributed by atoms with E-state index in [9.17, 15) is 22.4 Å². The van der Waals surface area contributed by atoms with Crippen LogP contribution < -0.4 is 0 Å². The molecule has 5 atom stereocenters. The van der Waals surface area contributed by atoms with Crippen molar-refractivity contribution in [2.24, 2.45) is 11.8 Å². The van der Waals surface area contributed by atoms with Crippen molar-refractivity contribution in [3.8, 4) is 0 Å². The number of ether oxygens (including phenoxy) is 1. The molecule has 0 aromatic heterocycles. The molecule has 2 amide bonds. The number of nitrogens with one attached hydrogen (secondary N) is 2. The lowest BCUT2D eigenvalue weighted by molar-refractivity contribution is -0.0733. The van der Waals surface area contributed by atoms with E-state index >= 15 is 4.39 Å². The summed E-state index contributed by atoms with van der Waals surface area (Å²) in [5.74, 6) is -4.16. The number of hydrogen-bond acceptors (Lipinski definition) is 5. The molecule has 0 aromatic carbocycles. The van der Waals surface area contributed by atoms with Crippen LogP contribution in [0, 0.1) is 22.7 Å². The Kier molecular flexibility index (Phi) is 9.34. The van der Waals surface area contributed by atoms with Gasteiger partial charge < -0.3 is 19.4 Å². The van der Waals surface area contributed by atoms with Gasteiger partial charge in [0.15, 0.2) is 5.90 Å². The fourth-order valence-electron chi connectivity index (χ4n) is 5.34. The number of halogens is 5. The molecule has 3 fully saturated rings. The lowest BCUT2D eigenvalue weighted by atomic mass is 9.79. The van der Waals surface area contributed by atoms with E-state index in [1.54, 1.807) is 9.80 Å². The van der Waals surface area contributed by atoms with Gasteiger partial charge in [-0.25, -0.2) is 13.6 Å². The molecule has 5 unspecified atom stereocenters. The average Bonchev–Trinajstić information content (AvgIpc) is 2.82. The van der Waals surface area contributed by atoms with Crippen molar-refractivity contribution in [2.45, 2.75) is 76.4 Å². The molecule has 3 aliphatic rings. The second-order valence-electron chi connectivity index (χ2n) is 9.85. The summed E-state index contributed by atoms with van der Waals surface area (Å²) in [5.41, 5.74) is 0. The molecule has 200 valence electrons. The van der Waals surface area contributed by atoms with Crippen LogP contribution in [0.2, 0.25) is 0 Å². The van der Waals surface area contributed by atoms with E-state index < -0.39 is 42.2 Å². The fourth-order valence-corrected chi connectivity index (χ4v) is 5.34. The molecule has 2 aliphatic carbocycles. The van der Waals surface area contributed by atoms with E-state index in [1.165, 1.54) is 0 Å². The Balaban J connectivity index is 1.63. The highest BCUT2D eigenvalue weighted by atomic mass is 19.4. The van der Waals surface area contributed by atoms with Crippen molar-refractivity contribution in [3.05, 3.63) is 0 Å². The van der Waals surface area contributed by atoms with E-state index in [0.717, 1.165) is 19.6 Å². The minimum absolute atomic E-state index is 0.116. The Morgan fingerprint density at radius 1 is 1.03 bits per heavy atom. The summed E-state index contributed by atoms with van der Waals surface area (Å²) in [6.45, 7) is 5.68. The van der Waals surface area contributed by atoms with Gasteiger partial charge in [0.05, 0.1) is 0 Å². The molecule has 0 bridgehead atoms. The van der Waals surface area contributed by atoms with Gasteiger partial charge in [-0.15, -0.1) is 0 Å². The zero-order chi connectivity index (χ0) is 25.8. The molecule has 1 heterocycles. The maximum absolute atomic E-state index is 15.2. The molecule has 35 heavy (non-hydrogen) atoms. The minimum atomic E-state index is -5.00. The maximum Gasteiger partial charge on any atom is 0.468 e. The normalized spacial score (nSPS) is 30.6. The second kappa shape index (κ2) is 11.8. The first kappa shape index (κ1) is 27.6. The number of urea groups is 1. The summed E-state index contributed by atoms with van der Waals surface area (Å²) >= 11 is 0. The van der Waals surface area contributed by atoms with Gasteiger partial charge >= 0.3 is 12.2 Å². The summed E-state index contributed by atoms with van der Waals surface area (Å²) in [6, 6.07) is -0.516. The van der Waals surface area contributed by atoms with Crippen molar-refractivity contribution in [1.82, 2.24) is 14.7 Å².